The standard InChI is InChI=1S/C63H42N2/c1-3-21-45(22-4-1)64(59-31-15-19-43-37-41-17-7-9-25-49(41)61(43)59)47-33-35-53-54-36-34-48(40-58(54)63(57(53)39-47)55-29-13-11-27-51(55)52-28-12-14-30-56(52)63)65(46-23-5-2-6-24-46)60-32-16-20-44-38-42-18-8-10-26-50(42)62(44)60/h1-36,39-40H,37-38H2. The van der Waals surface area contributed by atoms with Crippen LogP contribution in [0, 0.1) is 0 Å². The number of hydrogen-bond acceptors (Lipinski definition) is 2. The zero-order valence-corrected chi connectivity index (χ0v) is 35.7. The summed E-state index contributed by atoms with van der Waals surface area (Å²) in [6, 6.07) is 86.4. The first-order valence-electron chi connectivity index (χ1n) is 22.9. The highest BCUT2D eigenvalue weighted by atomic mass is 15.2. The molecule has 2 heteroatoms. The molecule has 0 unspecified atom stereocenters. The molecule has 0 saturated heterocycles. The van der Waals surface area contributed by atoms with Crippen LogP contribution >= 0.6 is 0 Å². The number of para-hydroxylation sites is 2. The van der Waals surface area contributed by atoms with E-state index in [1.54, 1.807) is 0 Å². The molecule has 0 saturated carbocycles. The molecule has 304 valence electrons. The van der Waals surface area contributed by atoms with Gasteiger partial charge in [-0.15, -0.1) is 0 Å². The van der Waals surface area contributed by atoms with Crippen LogP contribution in [-0.4, -0.2) is 0 Å². The van der Waals surface area contributed by atoms with Gasteiger partial charge in [0.05, 0.1) is 16.8 Å². The van der Waals surface area contributed by atoms with Crippen molar-refractivity contribution in [2.45, 2.75) is 18.3 Å². The molecule has 4 aliphatic carbocycles. The van der Waals surface area contributed by atoms with Gasteiger partial charge >= 0.3 is 0 Å². The fraction of sp³-hybridized carbons (Fsp3) is 0.0476. The lowest BCUT2D eigenvalue weighted by molar-refractivity contribution is 0.793. The minimum atomic E-state index is -0.564. The summed E-state index contributed by atoms with van der Waals surface area (Å²) in [7, 11) is 0. The van der Waals surface area contributed by atoms with Crippen LogP contribution < -0.4 is 9.80 Å². The average molecular weight is 827 g/mol. The lowest BCUT2D eigenvalue weighted by Gasteiger charge is -2.34. The van der Waals surface area contributed by atoms with Crippen molar-refractivity contribution < 1.29 is 0 Å². The van der Waals surface area contributed by atoms with Gasteiger partial charge in [0, 0.05) is 33.9 Å². The molecule has 10 aromatic rings. The molecule has 10 aromatic carbocycles. The summed E-state index contributed by atoms with van der Waals surface area (Å²) < 4.78 is 0. The average Bonchev–Trinajstić information content (AvgIpc) is 4.10. The van der Waals surface area contributed by atoms with Crippen molar-refractivity contribution >= 4 is 34.1 Å². The van der Waals surface area contributed by atoms with Crippen LogP contribution in [0.2, 0.25) is 0 Å². The summed E-state index contributed by atoms with van der Waals surface area (Å²) in [5.41, 5.74) is 27.7. The highest BCUT2D eigenvalue weighted by molar-refractivity contribution is 6.00. The second-order valence-electron chi connectivity index (χ2n) is 17.9. The van der Waals surface area contributed by atoms with Crippen LogP contribution in [-0.2, 0) is 18.3 Å². The van der Waals surface area contributed by atoms with Gasteiger partial charge in [-0.1, -0.05) is 170 Å². The Kier molecular flexibility index (Phi) is 7.76. The van der Waals surface area contributed by atoms with E-state index in [1.807, 2.05) is 0 Å². The molecule has 0 heterocycles. The second kappa shape index (κ2) is 13.9. The predicted octanol–water partition coefficient (Wildman–Crippen LogP) is 16.1. The van der Waals surface area contributed by atoms with Gasteiger partial charge in [0.2, 0.25) is 0 Å². The number of rotatable bonds is 6. The minimum Gasteiger partial charge on any atom is -0.310 e. The van der Waals surface area contributed by atoms with Gasteiger partial charge in [0.15, 0.2) is 0 Å². The minimum absolute atomic E-state index is 0.564. The van der Waals surface area contributed by atoms with Gasteiger partial charge < -0.3 is 9.80 Å². The highest BCUT2D eigenvalue weighted by Crippen LogP contribution is 2.64. The van der Waals surface area contributed by atoms with Crippen molar-refractivity contribution in [3.8, 4) is 44.5 Å². The topological polar surface area (TPSA) is 6.48 Å². The Labute approximate surface area is 380 Å². The van der Waals surface area contributed by atoms with Crippen molar-refractivity contribution in [1.29, 1.82) is 0 Å². The summed E-state index contributed by atoms with van der Waals surface area (Å²) in [6.07, 6.45) is 1.89. The molecule has 14 rings (SSSR count). The van der Waals surface area contributed by atoms with E-state index in [-0.39, 0.29) is 0 Å². The van der Waals surface area contributed by atoms with E-state index in [4.69, 9.17) is 0 Å². The Morgan fingerprint density at radius 2 is 0.631 bits per heavy atom. The molecule has 0 atom stereocenters. The smallest absolute Gasteiger partial charge is 0.0727 e. The van der Waals surface area contributed by atoms with E-state index in [2.05, 4.69) is 240 Å². The number of nitrogens with zero attached hydrogens (tertiary/aromatic N) is 2. The Morgan fingerprint density at radius 1 is 0.262 bits per heavy atom. The van der Waals surface area contributed by atoms with Crippen molar-refractivity contribution in [1.82, 2.24) is 0 Å². The van der Waals surface area contributed by atoms with Crippen molar-refractivity contribution in [2.75, 3.05) is 9.80 Å². The van der Waals surface area contributed by atoms with Gasteiger partial charge in [0.1, 0.15) is 0 Å². The normalized spacial score (nSPS) is 13.5. The van der Waals surface area contributed by atoms with Gasteiger partial charge in [-0.3, -0.25) is 0 Å². The van der Waals surface area contributed by atoms with Crippen LogP contribution in [0.5, 0.6) is 0 Å². The van der Waals surface area contributed by atoms with Crippen molar-refractivity contribution in [2.24, 2.45) is 0 Å². The largest absolute Gasteiger partial charge is 0.310 e. The van der Waals surface area contributed by atoms with Crippen molar-refractivity contribution in [3.05, 3.63) is 275 Å². The number of anilines is 6. The Morgan fingerprint density at radius 3 is 1.09 bits per heavy atom. The summed E-state index contributed by atoms with van der Waals surface area (Å²) in [4.78, 5) is 5.00. The summed E-state index contributed by atoms with van der Waals surface area (Å²) in [5.74, 6) is 0. The molecular weight excluding hydrogens is 785 g/mol. The number of fused-ring (bicyclic) bond motifs is 16. The molecule has 0 radical (unpaired) electrons. The third-order valence-electron chi connectivity index (χ3n) is 14.7. The van der Waals surface area contributed by atoms with Crippen LogP contribution in [0.15, 0.2) is 231 Å². The molecule has 0 N–H and O–H groups in total. The molecule has 0 aromatic heterocycles. The molecule has 0 bridgehead atoms. The summed E-state index contributed by atoms with van der Waals surface area (Å²) in [6.45, 7) is 0. The van der Waals surface area contributed by atoms with E-state index < -0.39 is 5.41 Å². The fourth-order valence-electron chi connectivity index (χ4n) is 12.1. The quantitative estimate of drug-likeness (QED) is 0.165. The Hall–Kier alpha value is -8.20. The van der Waals surface area contributed by atoms with E-state index in [1.165, 1.54) is 100 Å². The highest BCUT2D eigenvalue weighted by Gasteiger charge is 2.52. The lowest BCUT2D eigenvalue weighted by atomic mass is 9.70. The molecule has 2 nitrogen and oxygen atoms in total. The van der Waals surface area contributed by atoms with Crippen LogP contribution in [0.3, 0.4) is 0 Å². The van der Waals surface area contributed by atoms with Crippen molar-refractivity contribution in [3.63, 3.8) is 0 Å². The van der Waals surface area contributed by atoms with E-state index in [9.17, 15) is 0 Å². The monoisotopic (exact) mass is 826 g/mol. The molecule has 65 heavy (non-hydrogen) atoms. The van der Waals surface area contributed by atoms with Crippen LogP contribution in [0.25, 0.3) is 44.5 Å². The lowest BCUT2D eigenvalue weighted by Crippen LogP contribution is -2.26. The van der Waals surface area contributed by atoms with E-state index in [0.29, 0.717) is 0 Å². The number of hydrogen-bond donors (Lipinski definition) is 0. The first kappa shape index (κ1) is 36.3. The molecule has 0 aliphatic heterocycles. The molecule has 0 amide bonds. The maximum atomic E-state index is 2.52. The first-order valence-corrected chi connectivity index (χ1v) is 22.9. The zero-order chi connectivity index (χ0) is 42.6. The maximum Gasteiger partial charge on any atom is 0.0727 e. The Balaban J connectivity index is 1.03. The summed E-state index contributed by atoms with van der Waals surface area (Å²) >= 11 is 0. The SMILES string of the molecule is c1ccc(N(c2ccc3c(c2)C2(c4ccccc4-c4ccccc42)c2cc(N(c4ccccc4)c4cccc5c4-c4ccccc4C5)ccc2-3)c2cccc3c2-c2ccccc2C3)cc1. The third kappa shape index (κ3) is 5.11. The maximum absolute atomic E-state index is 2.52. The predicted molar refractivity (Wildman–Crippen MR) is 269 cm³/mol. The molecular formula is C63H42N2. The van der Waals surface area contributed by atoms with Gasteiger partial charge in [-0.25, -0.2) is 0 Å². The third-order valence-corrected chi connectivity index (χ3v) is 14.7. The molecule has 0 fully saturated rings. The van der Waals surface area contributed by atoms with Gasteiger partial charge in [-0.2, -0.15) is 0 Å². The first-order chi connectivity index (χ1) is 32.3. The van der Waals surface area contributed by atoms with Gasteiger partial charge in [0.25, 0.3) is 0 Å². The van der Waals surface area contributed by atoms with Crippen LogP contribution in [0.4, 0.5) is 34.1 Å². The van der Waals surface area contributed by atoms with E-state index >= 15 is 0 Å². The van der Waals surface area contributed by atoms with Crippen LogP contribution in [0.1, 0.15) is 44.5 Å². The Bertz CT molecular complexity index is 3330. The fourth-order valence-corrected chi connectivity index (χ4v) is 12.1. The summed E-state index contributed by atoms with van der Waals surface area (Å²) in [5, 5.41) is 0. The van der Waals surface area contributed by atoms with E-state index in [0.717, 1.165) is 35.6 Å². The molecule has 4 aliphatic rings. The zero-order valence-electron chi connectivity index (χ0n) is 35.7. The number of benzene rings is 10. The molecule has 1 spiro atoms. The van der Waals surface area contributed by atoms with Gasteiger partial charge in [-0.05, 0) is 151 Å². The second-order valence-corrected chi connectivity index (χ2v) is 17.9.